The molecule has 1 aliphatic heterocycles. The summed E-state index contributed by atoms with van der Waals surface area (Å²) in [5.41, 5.74) is 0.864. The van der Waals surface area contributed by atoms with Crippen molar-refractivity contribution in [1.29, 1.82) is 0 Å². The summed E-state index contributed by atoms with van der Waals surface area (Å²) in [6, 6.07) is 0.225. The molecule has 0 aromatic heterocycles. The number of rotatable bonds is 2. The fraction of sp³-hybridized carbons (Fsp3) is 0.556. The predicted octanol–water partition coefficient (Wildman–Crippen LogP) is 2.09. The fourth-order valence-electron chi connectivity index (χ4n) is 4.39. The molecule has 3 aliphatic carbocycles. The lowest BCUT2D eigenvalue weighted by molar-refractivity contribution is -0.129. The SMILES string of the molecule is CN1C(=O)C(C(=O)NC2CCCCC2)=C2C=CC3C=CC21C3. The normalized spacial score (nSPS) is 33.6. The summed E-state index contributed by atoms with van der Waals surface area (Å²) in [7, 11) is 1.81. The molecule has 4 nitrogen and oxygen atoms in total. The molecule has 1 saturated carbocycles. The van der Waals surface area contributed by atoms with E-state index in [1.807, 2.05) is 13.1 Å². The van der Waals surface area contributed by atoms with E-state index >= 15 is 0 Å². The zero-order valence-corrected chi connectivity index (χ0v) is 13.0. The maximum Gasteiger partial charge on any atom is 0.260 e. The van der Waals surface area contributed by atoms with E-state index in [4.69, 9.17) is 0 Å². The lowest BCUT2D eigenvalue weighted by atomic mass is 9.82. The van der Waals surface area contributed by atoms with Crippen molar-refractivity contribution in [2.24, 2.45) is 5.92 Å². The molecule has 0 aromatic rings. The van der Waals surface area contributed by atoms with Gasteiger partial charge in [-0.05, 0) is 30.8 Å². The van der Waals surface area contributed by atoms with Gasteiger partial charge in [0.2, 0.25) is 0 Å². The van der Waals surface area contributed by atoms with Gasteiger partial charge in [-0.25, -0.2) is 0 Å². The Morgan fingerprint density at radius 3 is 2.82 bits per heavy atom. The minimum atomic E-state index is -0.379. The predicted molar refractivity (Wildman–Crippen MR) is 83.9 cm³/mol. The Morgan fingerprint density at radius 1 is 1.27 bits per heavy atom. The first-order valence-corrected chi connectivity index (χ1v) is 8.33. The molecule has 2 bridgehead atoms. The lowest BCUT2D eigenvalue weighted by Gasteiger charge is -2.35. The first-order valence-electron chi connectivity index (χ1n) is 8.33. The first-order chi connectivity index (χ1) is 10.6. The molecule has 1 heterocycles. The number of carbonyl (C=O) groups excluding carboxylic acids is 2. The summed E-state index contributed by atoms with van der Waals surface area (Å²) in [5.74, 6) is 0.0685. The molecule has 1 N–H and O–H groups in total. The third-order valence-electron chi connectivity index (χ3n) is 5.70. The maximum atomic E-state index is 12.7. The van der Waals surface area contributed by atoms with Crippen LogP contribution in [-0.4, -0.2) is 35.3 Å². The number of likely N-dealkylation sites (N-methyl/N-ethyl adjacent to an activating group) is 1. The van der Waals surface area contributed by atoms with Crippen LogP contribution in [0, 0.1) is 5.92 Å². The zero-order chi connectivity index (χ0) is 15.3. The summed E-state index contributed by atoms with van der Waals surface area (Å²) >= 11 is 0. The molecule has 2 unspecified atom stereocenters. The van der Waals surface area contributed by atoms with E-state index in [-0.39, 0.29) is 23.4 Å². The average Bonchev–Trinajstić information content (AvgIpc) is 2.98. The summed E-state index contributed by atoms with van der Waals surface area (Å²) in [5, 5.41) is 3.10. The highest BCUT2D eigenvalue weighted by molar-refractivity contribution is 6.22. The monoisotopic (exact) mass is 298 g/mol. The third kappa shape index (κ3) is 1.82. The van der Waals surface area contributed by atoms with E-state index in [9.17, 15) is 9.59 Å². The molecular weight excluding hydrogens is 276 g/mol. The van der Waals surface area contributed by atoms with E-state index < -0.39 is 0 Å². The Bertz CT molecular complexity index is 625. The Labute approximate surface area is 130 Å². The molecule has 0 radical (unpaired) electrons. The van der Waals surface area contributed by atoms with Crippen molar-refractivity contribution >= 4 is 11.8 Å². The van der Waals surface area contributed by atoms with E-state index in [1.165, 1.54) is 19.3 Å². The van der Waals surface area contributed by atoms with Crippen molar-refractivity contribution in [2.75, 3.05) is 7.05 Å². The van der Waals surface area contributed by atoms with Crippen molar-refractivity contribution in [3.05, 3.63) is 35.5 Å². The summed E-state index contributed by atoms with van der Waals surface area (Å²) in [6.45, 7) is 0. The Balaban J connectivity index is 1.66. The second kappa shape index (κ2) is 4.83. The standard InChI is InChI=1S/C18H22N2O2/c1-20-17(22)15(16(21)19-13-5-3-2-4-6-13)14-8-7-12-9-10-18(14,20)11-12/h7-10,12-13H,2-6,11H2,1H3,(H,19,21). The number of fused-ring (bicyclic) bond motifs is 1. The van der Waals surface area contributed by atoms with Gasteiger partial charge in [-0.3, -0.25) is 9.59 Å². The lowest BCUT2D eigenvalue weighted by Crippen LogP contribution is -2.44. The first kappa shape index (κ1) is 13.8. The van der Waals surface area contributed by atoms with Gasteiger partial charge in [0.1, 0.15) is 5.57 Å². The second-order valence-electron chi connectivity index (χ2n) is 6.97. The van der Waals surface area contributed by atoms with Crippen LogP contribution < -0.4 is 5.32 Å². The molecule has 4 heteroatoms. The highest BCUT2D eigenvalue weighted by atomic mass is 16.2. The molecule has 1 fully saturated rings. The Morgan fingerprint density at radius 2 is 2.05 bits per heavy atom. The molecule has 4 aliphatic rings. The smallest absolute Gasteiger partial charge is 0.260 e. The number of nitrogens with zero attached hydrogens (tertiary/aromatic N) is 1. The van der Waals surface area contributed by atoms with Gasteiger partial charge >= 0.3 is 0 Å². The highest BCUT2D eigenvalue weighted by Gasteiger charge is 2.53. The fourth-order valence-corrected chi connectivity index (χ4v) is 4.39. The van der Waals surface area contributed by atoms with Crippen molar-refractivity contribution in [1.82, 2.24) is 10.2 Å². The van der Waals surface area contributed by atoms with Gasteiger partial charge < -0.3 is 10.2 Å². The van der Waals surface area contributed by atoms with Crippen LogP contribution in [0.5, 0.6) is 0 Å². The van der Waals surface area contributed by atoms with Crippen molar-refractivity contribution < 1.29 is 9.59 Å². The number of carbonyl (C=O) groups is 2. The van der Waals surface area contributed by atoms with Gasteiger partial charge in [0.25, 0.3) is 11.8 Å². The van der Waals surface area contributed by atoms with E-state index in [2.05, 4.69) is 23.5 Å². The maximum absolute atomic E-state index is 12.7. The molecule has 2 amide bonds. The van der Waals surface area contributed by atoms with Crippen LogP contribution in [0.4, 0.5) is 0 Å². The summed E-state index contributed by atoms with van der Waals surface area (Å²) in [6.07, 6.45) is 14.9. The second-order valence-corrected chi connectivity index (χ2v) is 6.97. The van der Waals surface area contributed by atoms with E-state index in [1.54, 1.807) is 4.90 Å². The van der Waals surface area contributed by atoms with Gasteiger partial charge in [-0.2, -0.15) is 0 Å². The number of hydrogen-bond donors (Lipinski definition) is 1. The number of allylic oxidation sites excluding steroid dienone is 2. The van der Waals surface area contributed by atoms with E-state index in [0.717, 1.165) is 24.8 Å². The largest absolute Gasteiger partial charge is 0.349 e. The zero-order valence-electron chi connectivity index (χ0n) is 13.0. The molecule has 116 valence electrons. The van der Waals surface area contributed by atoms with Crippen molar-refractivity contribution in [3.63, 3.8) is 0 Å². The van der Waals surface area contributed by atoms with Gasteiger partial charge in [-0.15, -0.1) is 0 Å². The van der Waals surface area contributed by atoms with Gasteiger partial charge in [0.15, 0.2) is 0 Å². The van der Waals surface area contributed by atoms with Crippen LogP contribution >= 0.6 is 0 Å². The molecular formula is C18H22N2O2. The van der Waals surface area contributed by atoms with Crippen LogP contribution in [-0.2, 0) is 9.59 Å². The van der Waals surface area contributed by atoms with Crippen molar-refractivity contribution in [2.45, 2.75) is 50.1 Å². The van der Waals surface area contributed by atoms with Crippen LogP contribution in [0.15, 0.2) is 35.5 Å². The Kier molecular flexibility index (Phi) is 3.03. The molecule has 2 atom stereocenters. The number of nitrogens with one attached hydrogen (secondary N) is 1. The third-order valence-corrected chi connectivity index (χ3v) is 5.70. The van der Waals surface area contributed by atoms with Gasteiger partial charge in [0, 0.05) is 13.1 Å². The van der Waals surface area contributed by atoms with Gasteiger partial charge in [-0.1, -0.05) is 43.6 Å². The molecule has 0 saturated heterocycles. The summed E-state index contributed by atoms with van der Waals surface area (Å²) in [4.78, 5) is 27.1. The summed E-state index contributed by atoms with van der Waals surface area (Å²) < 4.78 is 0. The minimum Gasteiger partial charge on any atom is -0.349 e. The van der Waals surface area contributed by atoms with E-state index in [0.29, 0.717) is 11.5 Å². The number of hydrogen-bond acceptors (Lipinski definition) is 2. The Hall–Kier alpha value is -1.84. The van der Waals surface area contributed by atoms with Crippen LogP contribution in [0.2, 0.25) is 0 Å². The molecule has 1 spiro atoms. The molecule has 0 aromatic carbocycles. The molecule has 4 rings (SSSR count). The van der Waals surface area contributed by atoms with Crippen LogP contribution in [0.1, 0.15) is 38.5 Å². The highest BCUT2D eigenvalue weighted by Crippen LogP contribution is 2.48. The van der Waals surface area contributed by atoms with Crippen molar-refractivity contribution in [3.8, 4) is 0 Å². The van der Waals surface area contributed by atoms with Crippen LogP contribution in [0.3, 0.4) is 0 Å². The minimum absolute atomic E-state index is 0.139. The van der Waals surface area contributed by atoms with Gasteiger partial charge in [0.05, 0.1) is 5.54 Å². The number of amides is 2. The molecule has 22 heavy (non-hydrogen) atoms. The average molecular weight is 298 g/mol. The van der Waals surface area contributed by atoms with Crippen LogP contribution in [0.25, 0.3) is 0 Å². The topological polar surface area (TPSA) is 49.4 Å². The quantitative estimate of drug-likeness (QED) is 0.627.